The first kappa shape index (κ1) is 14.9. The van der Waals surface area contributed by atoms with Gasteiger partial charge in [0.2, 0.25) is 0 Å². The molecule has 4 nitrogen and oxygen atoms in total. The number of ether oxygens (including phenoxy) is 3. The SMILES string of the molecule is COCCCOCCOC1CCCCCC1N. The van der Waals surface area contributed by atoms with Crippen molar-refractivity contribution in [3.63, 3.8) is 0 Å². The first-order chi connectivity index (χ1) is 8.34. The second-order valence-corrected chi connectivity index (χ2v) is 4.67. The number of hydrogen-bond donors (Lipinski definition) is 1. The van der Waals surface area contributed by atoms with Crippen molar-refractivity contribution in [1.29, 1.82) is 0 Å². The number of methoxy groups -OCH3 is 1. The molecule has 1 aliphatic carbocycles. The zero-order valence-electron chi connectivity index (χ0n) is 11.0. The summed E-state index contributed by atoms with van der Waals surface area (Å²) in [7, 11) is 1.70. The lowest BCUT2D eigenvalue weighted by atomic mass is 10.1. The van der Waals surface area contributed by atoms with Crippen molar-refractivity contribution >= 4 is 0 Å². The third-order valence-electron chi connectivity index (χ3n) is 3.20. The van der Waals surface area contributed by atoms with Crippen molar-refractivity contribution in [2.45, 2.75) is 50.7 Å². The molecular weight excluding hydrogens is 218 g/mol. The highest BCUT2D eigenvalue weighted by Crippen LogP contribution is 2.19. The van der Waals surface area contributed by atoms with Crippen molar-refractivity contribution in [3.05, 3.63) is 0 Å². The van der Waals surface area contributed by atoms with Crippen LogP contribution >= 0.6 is 0 Å². The van der Waals surface area contributed by atoms with Gasteiger partial charge in [0.05, 0.1) is 19.3 Å². The molecule has 2 N–H and O–H groups in total. The van der Waals surface area contributed by atoms with E-state index in [0.29, 0.717) is 13.2 Å². The van der Waals surface area contributed by atoms with Gasteiger partial charge in [0.15, 0.2) is 0 Å². The molecule has 1 fully saturated rings. The minimum absolute atomic E-state index is 0.214. The van der Waals surface area contributed by atoms with E-state index in [0.717, 1.165) is 32.5 Å². The molecule has 1 saturated carbocycles. The Balaban J connectivity index is 1.97. The van der Waals surface area contributed by atoms with Crippen LogP contribution in [0.1, 0.15) is 38.5 Å². The molecule has 0 saturated heterocycles. The molecular formula is C13H27NO3. The van der Waals surface area contributed by atoms with Gasteiger partial charge in [-0.2, -0.15) is 0 Å². The van der Waals surface area contributed by atoms with Gasteiger partial charge in [-0.3, -0.25) is 0 Å². The van der Waals surface area contributed by atoms with Crippen molar-refractivity contribution < 1.29 is 14.2 Å². The second kappa shape index (κ2) is 9.83. The van der Waals surface area contributed by atoms with E-state index in [1.54, 1.807) is 7.11 Å². The Hall–Kier alpha value is -0.160. The standard InChI is InChI=1S/C13H27NO3/c1-15-8-5-9-16-10-11-17-13-7-4-2-3-6-12(13)14/h12-13H,2-11,14H2,1H3. The third kappa shape index (κ3) is 6.99. The Morgan fingerprint density at radius 1 is 1.00 bits per heavy atom. The lowest BCUT2D eigenvalue weighted by Crippen LogP contribution is -2.36. The van der Waals surface area contributed by atoms with Crippen LogP contribution in [0, 0.1) is 0 Å². The molecule has 1 rings (SSSR count). The minimum Gasteiger partial charge on any atom is -0.385 e. The number of hydrogen-bond acceptors (Lipinski definition) is 4. The third-order valence-corrected chi connectivity index (χ3v) is 3.20. The molecule has 0 aromatic rings. The van der Waals surface area contributed by atoms with E-state index in [1.807, 2.05) is 0 Å². The molecule has 0 heterocycles. The number of nitrogens with two attached hydrogens (primary N) is 1. The molecule has 0 aromatic heterocycles. The minimum atomic E-state index is 0.214. The summed E-state index contributed by atoms with van der Waals surface area (Å²) >= 11 is 0. The summed E-state index contributed by atoms with van der Waals surface area (Å²) in [6, 6.07) is 0.214. The fourth-order valence-electron chi connectivity index (χ4n) is 2.18. The topological polar surface area (TPSA) is 53.7 Å². The fourth-order valence-corrected chi connectivity index (χ4v) is 2.18. The van der Waals surface area contributed by atoms with E-state index in [-0.39, 0.29) is 12.1 Å². The molecule has 0 radical (unpaired) electrons. The normalized spacial score (nSPS) is 25.8. The summed E-state index contributed by atoms with van der Waals surface area (Å²) in [6.07, 6.45) is 7.16. The van der Waals surface area contributed by atoms with Crippen LogP contribution in [0.4, 0.5) is 0 Å². The van der Waals surface area contributed by atoms with Gasteiger partial charge in [0, 0.05) is 26.4 Å². The highest BCUT2D eigenvalue weighted by Gasteiger charge is 2.20. The average molecular weight is 245 g/mol. The van der Waals surface area contributed by atoms with Crippen molar-refractivity contribution in [2.75, 3.05) is 33.5 Å². The molecule has 0 spiro atoms. The Labute approximate surface area is 105 Å². The molecule has 1 aliphatic rings. The summed E-state index contributed by atoms with van der Waals surface area (Å²) in [4.78, 5) is 0. The van der Waals surface area contributed by atoms with Crippen molar-refractivity contribution in [3.8, 4) is 0 Å². The van der Waals surface area contributed by atoms with Crippen LogP contribution in [-0.2, 0) is 14.2 Å². The molecule has 0 amide bonds. The summed E-state index contributed by atoms with van der Waals surface area (Å²) in [5.74, 6) is 0. The zero-order valence-corrected chi connectivity index (χ0v) is 11.0. The maximum Gasteiger partial charge on any atom is 0.0727 e. The fraction of sp³-hybridized carbons (Fsp3) is 1.00. The molecule has 2 atom stereocenters. The smallest absolute Gasteiger partial charge is 0.0727 e. The molecule has 0 aliphatic heterocycles. The zero-order chi connectivity index (χ0) is 12.3. The van der Waals surface area contributed by atoms with Crippen LogP contribution in [0.15, 0.2) is 0 Å². The molecule has 17 heavy (non-hydrogen) atoms. The van der Waals surface area contributed by atoms with Crippen LogP contribution in [0.3, 0.4) is 0 Å². The van der Waals surface area contributed by atoms with Crippen LogP contribution in [-0.4, -0.2) is 45.7 Å². The van der Waals surface area contributed by atoms with E-state index in [9.17, 15) is 0 Å². The molecule has 0 aromatic carbocycles. The maximum absolute atomic E-state index is 6.08. The van der Waals surface area contributed by atoms with Crippen molar-refractivity contribution in [2.24, 2.45) is 5.73 Å². The Kier molecular flexibility index (Phi) is 8.61. The molecule has 4 heteroatoms. The van der Waals surface area contributed by atoms with Crippen LogP contribution in [0.25, 0.3) is 0 Å². The van der Waals surface area contributed by atoms with E-state index in [1.165, 1.54) is 19.3 Å². The van der Waals surface area contributed by atoms with Gasteiger partial charge in [0.25, 0.3) is 0 Å². The van der Waals surface area contributed by atoms with Crippen LogP contribution in [0.5, 0.6) is 0 Å². The molecule has 0 bridgehead atoms. The monoisotopic (exact) mass is 245 g/mol. The highest BCUT2D eigenvalue weighted by molar-refractivity contribution is 4.76. The first-order valence-corrected chi connectivity index (χ1v) is 6.78. The Morgan fingerprint density at radius 3 is 2.65 bits per heavy atom. The predicted octanol–water partition coefficient (Wildman–Crippen LogP) is 1.72. The highest BCUT2D eigenvalue weighted by atomic mass is 16.5. The van der Waals surface area contributed by atoms with E-state index < -0.39 is 0 Å². The summed E-state index contributed by atoms with van der Waals surface area (Å²) in [6.45, 7) is 2.82. The first-order valence-electron chi connectivity index (χ1n) is 6.78. The quantitative estimate of drug-likeness (QED) is 0.522. The van der Waals surface area contributed by atoms with Gasteiger partial charge < -0.3 is 19.9 Å². The molecule has 2 unspecified atom stereocenters. The van der Waals surface area contributed by atoms with Gasteiger partial charge in [0.1, 0.15) is 0 Å². The van der Waals surface area contributed by atoms with Gasteiger partial charge in [-0.1, -0.05) is 19.3 Å². The van der Waals surface area contributed by atoms with Crippen LogP contribution in [0.2, 0.25) is 0 Å². The van der Waals surface area contributed by atoms with Gasteiger partial charge in [-0.15, -0.1) is 0 Å². The van der Waals surface area contributed by atoms with Gasteiger partial charge in [-0.25, -0.2) is 0 Å². The second-order valence-electron chi connectivity index (χ2n) is 4.67. The lowest BCUT2D eigenvalue weighted by Gasteiger charge is -2.21. The summed E-state index contributed by atoms with van der Waals surface area (Å²) in [5, 5.41) is 0. The maximum atomic E-state index is 6.08. The summed E-state index contributed by atoms with van der Waals surface area (Å²) in [5.41, 5.74) is 6.08. The van der Waals surface area contributed by atoms with Crippen LogP contribution < -0.4 is 5.73 Å². The summed E-state index contributed by atoms with van der Waals surface area (Å²) < 4.78 is 16.2. The average Bonchev–Trinajstić information content (AvgIpc) is 2.53. The Morgan fingerprint density at radius 2 is 1.82 bits per heavy atom. The Bertz CT molecular complexity index is 178. The number of rotatable bonds is 8. The lowest BCUT2D eigenvalue weighted by molar-refractivity contribution is -0.0110. The van der Waals surface area contributed by atoms with E-state index in [2.05, 4.69) is 0 Å². The van der Waals surface area contributed by atoms with E-state index in [4.69, 9.17) is 19.9 Å². The van der Waals surface area contributed by atoms with E-state index >= 15 is 0 Å². The molecule has 102 valence electrons. The van der Waals surface area contributed by atoms with Crippen molar-refractivity contribution in [1.82, 2.24) is 0 Å². The van der Waals surface area contributed by atoms with Gasteiger partial charge >= 0.3 is 0 Å². The predicted molar refractivity (Wildman–Crippen MR) is 68.1 cm³/mol. The largest absolute Gasteiger partial charge is 0.385 e. The van der Waals surface area contributed by atoms with Gasteiger partial charge in [-0.05, 0) is 19.3 Å².